The molecule has 1 saturated heterocycles. The van der Waals surface area contributed by atoms with Gasteiger partial charge in [0.25, 0.3) is 0 Å². The Morgan fingerprint density at radius 1 is 1.22 bits per heavy atom. The Labute approximate surface area is 247 Å². The molecule has 0 bridgehead atoms. The lowest BCUT2D eigenvalue weighted by atomic mass is 9.86. The highest BCUT2D eigenvalue weighted by atomic mass is 35.5. The maximum atomic E-state index is 13.1. The molecule has 2 aliphatic carbocycles. The number of hydrogen-bond donors (Lipinski definition) is 0. The molecule has 2 heterocycles. The van der Waals surface area contributed by atoms with Gasteiger partial charge in [-0.2, -0.15) is 4.31 Å². The SMILES string of the molecule is COC(=O)N1[C@H](C)C[C@H](N(Cc2ccc(OC)cc2)S(C)(=O)=O)[C@@H]1COC1CCC2(c3ncc(Cl)c(C)n3)CC2C1. The lowest BCUT2D eigenvalue weighted by Gasteiger charge is -2.35. The van der Waals surface area contributed by atoms with E-state index in [0.29, 0.717) is 23.1 Å². The predicted molar refractivity (Wildman–Crippen MR) is 154 cm³/mol. The smallest absolute Gasteiger partial charge is 0.410 e. The minimum Gasteiger partial charge on any atom is -0.497 e. The second-order valence-corrected chi connectivity index (χ2v) is 14.0. The Morgan fingerprint density at radius 2 is 1.95 bits per heavy atom. The third kappa shape index (κ3) is 6.04. The lowest BCUT2D eigenvalue weighted by molar-refractivity contribution is -0.0154. The van der Waals surface area contributed by atoms with Crippen LogP contribution in [-0.4, -0.2) is 85.0 Å². The van der Waals surface area contributed by atoms with E-state index in [9.17, 15) is 13.2 Å². The Bertz CT molecular complexity index is 1380. The highest BCUT2D eigenvalue weighted by molar-refractivity contribution is 7.88. The van der Waals surface area contributed by atoms with E-state index in [-0.39, 0.29) is 30.7 Å². The normalized spacial score (nSPS) is 29.3. The largest absolute Gasteiger partial charge is 0.497 e. The van der Waals surface area contributed by atoms with Gasteiger partial charge >= 0.3 is 6.09 Å². The monoisotopic (exact) mass is 606 g/mol. The molecule has 3 aliphatic rings. The van der Waals surface area contributed by atoms with Gasteiger partial charge in [0.1, 0.15) is 11.6 Å². The number of hydrogen-bond acceptors (Lipinski definition) is 8. The quantitative estimate of drug-likeness (QED) is 0.415. The van der Waals surface area contributed by atoms with E-state index in [1.165, 1.54) is 17.7 Å². The van der Waals surface area contributed by atoms with Crippen LogP contribution in [0.3, 0.4) is 0 Å². The van der Waals surface area contributed by atoms with Crippen LogP contribution in [0.4, 0.5) is 4.79 Å². The second-order valence-electron chi connectivity index (χ2n) is 11.7. The summed E-state index contributed by atoms with van der Waals surface area (Å²) < 4.78 is 44.6. The maximum Gasteiger partial charge on any atom is 0.410 e. The van der Waals surface area contributed by atoms with Crippen molar-refractivity contribution in [3.05, 3.63) is 52.6 Å². The molecule has 2 saturated carbocycles. The van der Waals surface area contributed by atoms with Crippen molar-refractivity contribution in [2.45, 2.75) is 82.1 Å². The van der Waals surface area contributed by atoms with Crippen LogP contribution in [0.5, 0.6) is 5.75 Å². The third-order valence-electron chi connectivity index (χ3n) is 9.10. The summed E-state index contributed by atoms with van der Waals surface area (Å²) in [6.07, 6.45) is 6.57. The summed E-state index contributed by atoms with van der Waals surface area (Å²) in [5.74, 6) is 1.99. The first-order valence-corrected chi connectivity index (χ1v) is 16.3. The lowest BCUT2D eigenvalue weighted by Crippen LogP contribution is -2.51. The minimum absolute atomic E-state index is 0.00773. The molecule has 10 nitrogen and oxygen atoms in total. The van der Waals surface area contributed by atoms with E-state index in [0.717, 1.165) is 42.8 Å². The Morgan fingerprint density at radius 3 is 2.56 bits per heavy atom. The van der Waals surface area contributed by atoms with E-state index in [2.05, 4.69) is 9.97 Å². The van der Waals surface area contributed by atoms with Crippen molar-refractivity contribution in [3.8, 4) is 5.75 Å². The Hall–Kier alpha value is -2.47. The zero-order valence-corrected chi connectivity index (χ0v) is 25.8. The summed E-state index contributed by atoms with van der Waals surface area (Å²) >= 11 is 6.15. The molecule has 6 atom stereocenters. The number of benzene rings is 1. The van der Waals surface area contributed by atoms with Gasteiger partial charge < -0.3 is 14.2 Å². The van der Waals surface area contributed by atoms with Crippen molar-refractivity contribution >= 4 is 27.7 Å². The van der Waals surface area contributed by atoms with Crippen LogP contribution in [-0.2, 0) is 31.5 Å². The molecule has 3 unspecified atom stereocenters. The number of ether oxygens (including phenoxy) is 3. The number of fused-ring (bicyclic) bond motifs is 1. The summed E-state index contributed by atoms with van der Waals surface area (Å²) in [4.78, 5) is 23.7. The van der Waals surface area contributed by atoms with Crippen molar-refractivity contribution in [2.24, 2.45) is 5.92 Å². The molecule has 1 aromatic heterocycles. The van der Waals surface area contributed by atoms with Gasteiger partial charge in [-0.05, 0) is 69.6 Å². The van der Waals surface area contributed by atoms with Gasteiger partial charge in [-0.1, -0.05) is 23.7 Å². The zero-order chi connectivity index (χ0) is 29.5. The van der Waals surface area contributed by atoms with Gasteiger partial charge in [-0.15, -0.1) is 0 Å². The summed E-state index contributed by atoms with van der Waals surface area (Å²) in [5.41, 5.74) is 1.62. The summed E-state index contributed by atoms with van der Waals surface area (Å²) in [6.45, 7) is 4.22. The first-order valence-electron chi connectivity index (χ1n) is 14.0. The van der Waals surface area contributed by atoms with Crippen molar-refractivity contribution in [1.82, 2.24) is 19.2 Å². The minimum atomic E-state index is -3.62. The van der Waals surface area contributed by atoms with Gasteiger partial charge in [0.15, 0.2) is 0 Å². The van der Waals surface area contributed by atoms with Crippen LogP contribution in [0.1, 0.15) is 56.1 Å². The zero-order valence-electron chi connectivity index (χ0n) is 24.2. The van der Waals surface area contributed by atoms with Crippen LogP contribution in [0, 0.1) is 12.8 Å². The molecule has 41 heavy (non-hydrogen) atoms. The predicted octanol–water partition coefficient (Wildman–Crippen LogP) is 4.33. The molecule has 0 radical (unpaired) electrons. The van der Waals surface area contributed by atoms with Gasteiger partial charge in [0.05, 0.1) is 49.9 Å². The average Bonchev–Trinajstić information content (AvgIpc) is 3.60. The molecular weight excluding hydrogens is 568 g/mol. The average molecular weight is 607 g/mol. The first kappa shape index (κ1) is 30.0. The molecule has 5 rings (SSSR count). The number of carbonyl (C=O) groups is 1. The van der Waals surface area contributed by atoms with Crippen LogP contribution >= 0.6 is 11.6 Å². The van der Waals surface area contributed by atoms with Gasteiger partial charge in [0.2, 0.25) is 10.0 Å². The van der Waals surface area contributed by atoms with E-state index < -0.39 is 28.2 Å². The molecule has 0 N–H and O–H groups in total. The highest BCUT2D eigenvalue weighted by Crippen LogP contribution is 2.61. The number of carbonyl (C=O) groups excluding carboxylic acids is 1. The van der Waals surface area contributed by atoms with Crippen LogP contribution in [0.25, 0.3) is 0 Å². The molecule has 1 amide bonds. The fourth-order valence-electron chi connectivity index (χ4n) is 6.76. The number of sulfonamides is 1. The molecule has 1 aromatic carbocycles. The maximum absolute atomic E-state index is 13.1. The fraction of sp³-hybridized carbons (Fsp3) is 0.621. The van der Waals surface area contributed by atoms with Crippen molar-refractivity contribution in [3.63, 3.8) is 0 Å². The number of rotatable bonds is 9. The number of halogens is 1. The molecule has 1 aliphatic heterocycles. The third-order valence-corrected chi connectivity index (χ3v) is 10.7. The van der Waals surface area contributed by atoms with Gasteiger partial charge in [-0.3, -0.25) is 4.90 Å². The van der Waals surface area contributed by atoms with Gasteiger partial charge in [-0.25, -0.2) is 23.2 Å². The Balaban J connectivity index is 1.31. The molecule has 3 fully saturated rings. The summed E-state index contributed by atoms with van der Waals surface area (Å²) in [6, 6.07) is 6.17. The standard InChI is InChI=1S/C29H39ClN4O6S/c1-18-12-25(33(41(5,36)37)16-20-6-8-22(38-3)9-7-20)26(34(18)28(35)39-4)17-40-23-10-11-29(14-21(29)13-23)27-31-15-24(30)19(2)32-27/h6-9,15,18,21,23,25-26H,10-14,16-17H2,1-5H3/t18-,21?,23?,25+,26+,29?/m1/s1. The van der Waals surface area contributed by atoms with Crippen molar-refractivity contribution in [1.29, 1.82) is 0 Å². The Kier molecular flexibility index (Phi) is 8.53. The van der Waals surface area contributed by atoms with Crippen LogP contribution in [0.2, 0.25) is 5.02 Å². The number of likely N-dealkylation sites (tertiary alicyclic amines) is 1. The number of aromatic nitrogens is 2. The van der Waals surface area contributed by atoms with Crippen molar-refractivity contribution < 1.29 is 27.4 Å². The number of amides is 1. The van der Waals surface area contributed by atoms with E-state index in [4.69, 9.17) is 25.8 Å². The number of aryl methyl sites for hydroxylation is 1. The molecule has 2 aromatic rings. The fourth-order valence-corrected chi connectivity index (χ4v) is 7.95. The molecule has 224 valence electrons. The van der Waals surface area contributed by atoms with E-state index >= 15 is 0 Å². The van der Waals surface area contributed by atoms with Crippen molar-refractivity contribution in [2.75, 3.05) is 27.1 Å². The second kappa shape index (κ2) is 11.7. The molecular formula is C29H39ClN4O6S. The van der Waals surface area contributed by atoms with E-state index in [1.807, 2.05) is 38.1 Å². The summed E-state index contributed by atoms with van der Waals surface area (Å²) in [7, 11) is -0.684. The van der Waals surface area contributed by atoms with E-state index in [1.54, 1.807) is 18.2 Å². The first-order chi connectivity index (χ1) is 19.5. The summed E-state index contributed by atoms with van der Waals surface area (Å²) in [5, 5.41) is 0.574. The molecule has 0 spiro atoms. The number of nitrogens with zero attached hydrogens (tertiary/aromatic N) is 4. The highest BCUT2D eigenvalue weighted by Gasteiger charge is 2.60. The van der Waals surface area contributed by atoms with Crippen LogP contribution < -0.4 is 4.74 Å². The van der Waals surface area contributed by atoms with Gasteiger partial charge in [0, 0.05) is 30.2 Å². The number of methoxy groups -OCH3 is 2. The molecule has 12 heteroatoms. The van der Waals surface area contributed by atoms with Crippen LogP contribution in [0.15, 0.2) is 30.5 Å². The topological polar surface area (TPSA) is 111 Å².